The Bertz CT molecular complexity index is 1150. The fourth-order valence-corrected chi connectivity index (χ4v) is 4.16. The highest BCUT2D eigenvalue weighted by molar-refractivity contribution is 8.00. The SMILES string of the molecule is CCC(Sc1cccc(NC(=O)c2ccc(OC)cc2)c1)C(=O)Nc1ccc(NC(C)=O)cc1. The first kappa shape index (κ1) is 24.9. The number of anilines is 3. The Kier molecular flexibility index (Phi) is 8.70. The Morgan fingerprint density at radius 2 is 1.50 bits per heavy atom. The molecular formula is C26H27N3O4S. The molecule has 0 saturated heterocycles. The van der Waals surface area contributed by atoms with Crippen molar-refractivity contribution in [2.75, 3.05) is 23.1 Å². The minimum atomic E-state index is -0.317. The van der Waals surface area contributed by atoms with Crippen molar-refractivity contribution in [2.45, 2.75) is 30.4 Å². The molecule has 3 amide bonds. The van der Waals surface area contributed by atoms with E-state index in [0.29, 0.717) is 34.8 Å². The van der Waals surface area contributed by atoms with Crippen molar-refractivity contribution in [3.63, 3.8) is 0 Å². The van der Waals surface area contributed by atoms with Crippen LogP contribution >= 0.6 is 11.8 Å². The van der Waals surface area contributed by atoms with Crippen molar-refractivity contribution >= 4 is 46.5 Å². The predicted molar refractivity (Wildman–Crippen MR) is 137 cm³/mol. The topological polar surface area (TPSA) is 96.5 Å². The average Bonchev–Trinajstić information content (AvgIpc) is 2.83. The molecule has 0 heterocycles. The fraction of sp³-hybridized carbons (Fsp3) is 0.192. The van der Waals surface area contributed by atoms with Gasteiger partial charge < -0.3 is 20.7 Å². The summed E-state index contributed by atoms with van der Waals surface area (Å²) < 4.78 is 5.12. The van der Waals surface area contributed by atoms with Gasteiger partial charge in [0.1, 0.15) is 5.75 Å². The Morgan fingerprint density at radius 1 is 0.853 bits per heavy atom. The normalized spacial score (nSPS) is 11.3. The summed E-state index contributed by atoms with van der Waals surface area (Å²) in [6, 6.07) is 21.3. The molecule has 0 spiro atoms. The summed E-state index contributed by atoms with van der Waals surface area (Å²) in [7, 11) is 1.58. The summed E-state index contributed by atoms with van der Waals surface area (Å²) in [4.78, 5) is 37.4. The van der Waals surface area contributed by atoms with Crippen LogP contribution in [0, 0.1) is 0 Å². The summed E-state index contributed by atoms with van der Waals surface area (Å²) in [5, 5.41) is 8.19. The van der Waals surface area contributed by atoms with Crippen molar-refractivity contribution in [3.05, 3.63) is 78.4 Å². The molecule has 0 fully saturated rings. The molecule has 3 N–H and O–H groups in total. The zero-order valence-corrected chi connectivity index (χ0v) is 20.1. The predicted octanol–water partition coefficient (Wildman–Crippen LogP) is 5.42. The van der Waals surface area contributed by atoms with Crippen LogP contribution in [-0.2, 0) is 9.59 Å². The summed E-state index contributed by atoms with van der Waals surface area (Å²) in [5.74, 6) is 0.189. The van der Waals surface area contributed by atoms with Gasteiger partial charge in [0.25, 0.3) is 5.91 Å². The molecule has 0 aliphatic heterocycles. The zero-order valence-electron chi connectivity index (χ0n) is 19.3. The standard InChI is InChI=1S/C26H27N3O4S/c1-4-24(26(32)28-20-12-10-19(11-13-20)27-17(2)30)34-23-7-5-6-21(16-23)29-25(31)18-8-14-22(33-3)15-9-18/h5-16,24H,4H2,1-3H3,(H,27,30)(H,28,32)(H,29,31). The lowest BCUT2D eigenvalue weighted by atomic mass is 10.2. The summed E-state index contributed by atoms with van der Waals surface area (Å²) in [6.45, 7) is 3.39. The highest BCUT2D eigenvalue weighted by Crippen LogP contribution is 2.29. The van der Waals surface area contributed by atoms with Crippen molar-refractivity contribution in [1.29, 1.82) is 0 Å². The minimum Gasteiger partial charge on any atom is -0.497 e. The molecule has 7 nitrogen and oxygen atoms in total. The van der Waals surface area contributed by atoms with Crippen LogP contribution in [0.5, 0.6) is 5.75 Å². The lowest BCUT2D eigenvalue weighted by molar-refractivity contribution is -0.116. The number of rotatable bonds is 9. The van der Waals surface area contributed by atoms with Crippen LogP contribution in [0.4, 0.5) is 17.1 Å². The first-order valence-electron chi connectivity index (χ1n) is 10.8. The van der Waals surface area contributed by atoms with Gasteiger partial charge in [0.05, 0.1) is 12.4 Å². The van der Waals surface area contributed by atoms with E-state index in [2.05, 4.69) is 16.0 Å². The van der Waals surface area contributed by atoms with E-state index in [9.17, 15) is 14.4 Å². The van der Waals surface area contributed by atoms with E-state index < -0.39 is 0 Å². The number of benzene rings is 3. The van der Waals surface area contributed by atoms with Gasteiger partial charge in [0.2, 0.25) is 11.8 Å². The molecule has 3 rings (SSSR count). The second-order valence-electron chi connectivity index (χ2n) is 7.47. The molecule has 0 aromatic heterocycles. The molecule has 0 aliphatic carbocycles. The van der Waals surface area contributed by atoms with E-state index in [0.717, 1.165) is 4.90 Å². The van der Waals surface area contributed by atoms with Crippen LogP contribution in [0.3, 0.4) is 0 Å². The molecule has 3 aromatic carbocycles. The van der Waals surface area contributed by atoms with E-state index in [1.54, 1.807) is 55.6 Å². The quantitative estimate of drug-likeness (QED) is 0.358. The molecule has 1 unspecified atom stereocenters. The second-order valence-corrected chi connectivity index (χ2v) is 8.75. The summed E-state index contributed by atoms with van der Waals surface area (Å²) in [6.07, 6.45) is 0.628. The molecule has 0 bridgehead atoms. The van der Waals surface area contributed by atoms with E-state index in [4.69, 9.17) is 4.74 Å². The van der Waals surface area contributed by atoms with Crippen LogP contribution in [0.15, 0.2) is 77.7 Å². The highest BCUT2D eigenvalue weighted by Gasteiger charge is 2.18. The second kappa shape index (κ2) is 11.9. The number of methoxy groups -OCH3 is 1. The van der Waals surface area contributed by atoms with Gasteiger partial charge in [-0.3, -0.25) is 14.4 Å². The number of amides is 3. The first-order chi connectivity index (χ1) is 16.4. The molecule has 0 aliphatic rings. The van der Waals surface area contributed by atoms with Crippen molar-refractivity contribution in [1.82, 2.24) is 0 Å². The van der Waals surface area contributed by atoms with Crippen molar-refractivity contribution in [3.8, 4) is 5.75 Å². The number of carbonyl (C=O) groups excluding carboxylic acids is 3. The van der Waals surface area contributed by atoms with Crippen molar-refractivity contribution in [2.24, 2.45) is 0 Å². The molecule has 3 aromatic rings. The molecule has 0 radical (unpaired) electrons. The lowest BCUT2D eigenvalue weighted by Gasteiger charge is -2.16. The van der Waals surface area contributed by atoms with Crippen LogP contribution < -0.4 is 20.7 Å². The number of thioether (sulfide) groups is 1. The van der Waals surface area contributed by atoms with Gasteiger partial charge in [-0.05, 0) is 73.2 Å². The molecular weight excluding hydrogens is 450 g/mol. The van der Waals surface area contributed by atoms with Gasteiger partial charge in [-0.2, -0.15) is 0 Å². The number of hydrogen-bond acceptors (Lipinski definition) is 5. The van der Waals surface area contributed by atoms with Gasteiger partial charge in [-0.1, -0.05) is 13.0 Å². The van der Waals surface area contributed by atoms with E-state index >= 15 is 0 Å². The monoisotopic (exact) mass is 477 g/mol. The average molecular weight is 478 g/mol. The lowest BCUT2D eigenvalue weighted by Crippen LogP contribution is -2.24. The molecule has 176 valence electrons. The van der Waals surface area contributed by atoms with Gasteiger partial charge in [0.15, 0.2) is 0 Å². The van der Waals surface area contributed by atoms with E-state index in [1.807, 2.05) is 31.2 Å². The van der Waals surface area contributed by atoms with Crippen molar-refractivity contribution < 1.29 is 19.1 Å². The molecule has 8 heteroatoms. The molecule has 0 saturated carbocycles. The maximum absolute atomic E-state index is 12.8. The summed E-state index contributed by atoms with van der Waals surface area (Å²) >= 11 is 1.43. The molecule has 34 heavy (non-hydrogen) atoms. The van der Waals surface area contributed by atoms with E-state index in [-0.39, 0.29) is 23.0 Å². The van der Waals surface area contributed by atoms with Gasteiger partial charge >= 0.3 is 0 Å². The smallest absolute Gasteiger partial charge is 0.255 e. The van der Waals surface area contributed by atoms with Gasteiger partial charge in [0, 0.05) is 34.4 Å². The third-order valence-corrected chi connectivity index (χ3v) is 6.22. The Hall–Kier alpha value is -3.78. The maximum Gasteiger partial charge on any atom is 0.255 e. The fourth-order valence-electron chi connectivity index (χ4n) is 3.14. The largest absolute Gasteiger partial charge is 0.497 e. The molecule has 1 atom stereocenters. The Balaban J connectivity index is 1.61. The van der Waals surface area contributed by atoms with Crippen LogP contribution in [-0.4, -0.2) is 30.1 Å². The van der Waals surface area contributed by atoms with Crippen LogP contribution in [0.1, 0.15) is 30.6 Å². The minimum absolute atomic E-state index is 0.118. The maximum atomic E-state index is 12.8. The number of nitrogens with one attached hydrogen (secondary N) is 3. The van der Waals surface area contributed by atoms with Crippen LogP contribution in [0.2, 0.25) is 0 Å². The number of hydrogen-bond donors (Lipinski definition) is 3. The highest BCUT2D eigenvalue weighted by atomic mass is 32.2. The summed E-state index contributed by atoms with van der Waals surface area (Å²) in [5.41, 5.74) is 2.49. The van der Waals surface area contributed by atoms with Crippen LogP contribution in [0.25, 0.3) is 0 Å². The number of ether oxygens (including phenoxy) is 1. The first-order valence-corrected chi connectivity index (χ1v) is 11.7. The third kappa shape index (κ3) is 7.11. The zero-order chi connectivity index (χ0) is 24.5. The van der Waals surface area contributed by atoms with E-state index in [1.165, 1.54) is 18.7 Å². The van der Waals surface area contributed by atoms with Gasteiger partial charge in [-0.15, -0.1) is 11.8 Å². The van der Waals surface area contributed by atoms with Gasteiger partial charge in [-0.25, -0.2) is 0 Å². The number of carbonyl (C=O) groups is 3. The Morgan fingerprint density at radius 3 is 2.09 bits per heavy atom. The third-order valence-electron chi connectivity index (χ3n) is 4.86. The Labute approximate surface area is 203 Å².